The van der Waals surface area contributed by atoms with Gasteiger partial charge in [-0.2, -0.15) is 5.26 Å². The number of hydrogen-bond acceptors (Lipinski definition) is 8. The van der Waals surface area contributed by atoms with Gasteiger partial charge in [-0.25, -0.2) is 0 Å². The Morgan fingerprint density at radius 3 is 2.60 bits per heavy atom. The van der Waals surface area contributed by atoms with Crippen LogP contribution < -0.4 is 20.7 Å². The molecule has 4 N–H and O–H groups in total. The molecule has 4 aromatic rings. The van der Waals surface area contributed by atoms with E-state index in [0.29, 0.717) is 33.1 Å². The molecule has 1 aliphatic carbocycles. The number of phenolic OH excluding ortho intramolecular Hbond substituents is 1. The Hall–Kier alpha value is -5.05. The third kappa shape index (κ3) is 7.92. The van der Waals surface area contributed by atoms with Crippen LogP contribution in [-0.4, -0.2) is 35.7 Å². The van der Waals surface area contributed by atoms with Gasteiger partial charge >= 0.3 is 0 Å². The van der Waals surface area contributed by atoms with E-state index in [1.165, 1.54) is 53.3 Å². The number of hydrogen-bond donors (Lipinski definition) is 4. The second-order valence-corrected chi connectivity index (χ2v) is 12.3. The molecule has 1 heterocycles. The number of thioether (sulfide) groups is 1. The number of rotatable bonds is 10. The van der Waals surface area contributed by atoms with Crippen molar-refractivity contribution >= 4 is 57.6 Å². The van der Waals surface area contributed by atoms with Crippen LogP contribution >= 0.6 is 23.1 Å². The lowest BCUT2D eigenvalue weighted by molar-refractivity contribution is -0.114. The standard InChI is InChI=1S/C34H30N4O5S2/c1-43-29-18-24(39)15-14-22(29)16-28(37-32(41)21-8-3-2-4-9-21)33(42)36-23-10-7-11-25(17-23)44-20-31(40)38-34-27(19-35)26-12-5-6-13-30(26)45-34/h2-4,7-11,14-18,39H,5-6,12-13,20H2,1H3,(H,36,42)(H,37,41)(H,38,40)/b28-16+. The highest BCUT2D eigenvalue weighted by Crippen LogP contribution is 2.37. The number of fused-ring (bicyclic) bond motifs is 1. The van der Waals surface area contributed by atoms with Gasteiger partial charge in [-0.1, -0.05) is 24.3 Å². The number of anilines is 2. The second-order valence-electron chi connectivity index (χ2n) is 10.2. The normalized spacial score (nSPS) is 12.4. The summed E-state index contributed by atoms with van der Waals surface area (Å²) in [7, 11) is 1.44. The van der Waals surface area contributed by atoms with Gasteiger partial charge in [0.2, 0.25) is 5.91 Å². The highest BCUT2D eigenvalue weighted by molar-refractivity contribution is 8.00. The van der Waals surface area contributed by atoms with E-state index in [1.54, 1.807) is 54.6 Å². The molecule has 5 rings (SSSR count). The van der Waals surface area contributed by atoms with Crippen LogP contribution in [0.3, 0.4) is 0 Å². The van der Waals surface area contributed by atoms with Crippen LogP contribution in [0.5, 0.6) is 11.5 Å². The number of nitrogens with one attached hydrogen (secondary N) is 3. The number of phenols is 1. The lowest BCUT2D eigenvalue weighted by Crippen LogP contribution is -2.30. The lowest BCUT2D eigenvalue weighted by Gasteiger charge is -2.13. The Morgan fingerprint density at radius 2 is 1.82 bits per heavy atom. The van der Waals surface area contributed by atoms with Crippen LogP contribution in [0, 0.1) is 11.3 Å². The summed E-state index contributed by atoms with van der Waals surface area (Å²) < 4.78 is 5.35. The number of aryl methyl sites for hydroxylation is 1. The Balaban J connectivity index is 1.29. The minimum atomic E-state index is -0.583. The summed E-state index contributed by atoms with van der Waals surface area (Å²) in [4.78, 5) is 41.2. The molecule has 3 amide bonds. The maximum atomic E-state index is 13.5. The van der Waals surface area contributed by atoms with Gasteiger partial charge in [-0.15, -0.1) is 23.1 Å². The number of aromatic hydroxyl groups is 1. The fraction of sp³-hybridized carbons (Fsp3) is 0.176. The predicted molar refractivity (Wildman–Crippen MR) is 177 cm³/mol. The van der Waals surface area contributed by atoms with Crippen LogP contribution in [0.2, 0.25) is 0 Å². The quantitative estimate of drug-likeness (QED) is 0.117. The number of thiophene rings is 1. The first kappa shape index (κ1) is 31.4. The smallest absolute Gasteiger partial charge is 0.272 e. The third-order valence-corrected chi connectivity index (χ3v) is 9.24. The molecular weight excluding hydrogens is 609 g/mol. The van der Waals surface area contributed by atoms with Crippen LogP contribution in [0.15, 0.2) is 83.4 Å². The Morgan fingerprint density at radius 1 is 1.02 bits per heavy atom. The molecule has 0 bridgehead atoms. The van der Waals surface area contributed by atoms with E-state index in [-0.39, 0.29) is 23.1 Å². The Bertz CT molecular complexity index is 1810. The van der Waals surface area contributed by atoms with E-state index in [1.807, 2.05) is 6.07 Å². The van der Waals surface area contributed by atoms with Gasteiger partial charge in [0.25, 0.3) is 11.8 Å². The van der Waals surface area contributed by atoms with E-state index in [9.17, 15) is 24.8 Å². The largest absolute Gasteiger partial charge is 0.508 e. The molecule has 9 nitrogen and oxygen atoms in total. The van der Waals surface area contributed by atoms with Crippen molar-refractivity contribution in [2.45, 2.75) is 30.6 Å². The molecule has 0 spiro atoms. The van der Waals surface area contributed by atoms with E-state index >= 15 is 0 Å². The second kappa shape index (κ2) is 14.6. The topological polar surface area (TPSA) is 141 Å². The first-order valence-electron chi connectivity index (χ1n) is 14.2. The fourth-order valence-corrected chi connectivity index (χ4v) is 6.87. The Labute approximate surface area is 268 Å². The first-order chi connectivity index (χ1) is 21.8. The summed E-state index contributed by atoms with van der Waals surface area (Å²) in [6.07, 6.45) is 5.42. The third-order valence-electron chi connectivity index (χ3n) is 7.04. The molecule has 11 heteroatoms. The number of ether oxygens (including phenoxy) is 1. The molecule has 0 saturated heterocycles. The number of carbonyl (C=O) groups excluding carboxylic acids is 3. The van der Waals surface area contributed by atoms with Crippen molar-refractivity contribution < 1.29 is 24.2 Å². The zero-order valence-corrected chi connectivity index (χ0v) is 26.0. The average molecular weight is 639 g/mol. The van der Waals surface area contributed by atoms with Crippen molar-refractivity contribution in [2.24, 2.45) is 0 Å². The van der Waals surface area contributed by atoms with Crippen LogP contribution in [0.4, 0.5) is 10.7 Å². The van der Waals surface area contributed by atoms with Gasteiger partial charge in [0.15, 0.2) is 0 Å². The number of methoxy groups -OCH3 is 1. The van der Waals surface area contributed by atoms with Crippen molar-refractivity contribution in [2.75, 3.05) is 23.5 Å². The fourth-order valence-electron chi connectivity index (χ4n) is 4.86. The maximum absolute atomic E-state index is 13.5. The van der Waals surface area contributed by atoms with E-state index in [4.69, 9.17) is 4.74 Å². The van der Waals surface area contributed by atoms with Crippen molar-refractivity contribution in [1.82, 2.24) is 5.32 Å². The zero-order chi connectivity index (χ0) is 31.8. The summed E-state index contributed by atoms with van der Waals surface area (Å²) in [6, 6.07) is 22.2. The van der Waals surface area contributed by atoms with Crippen LogP contribution in [0.1, 0.15) is 44.8 Å². The number of nitrogens with zero attached hydrogens (tertiary/aromatic N) is 1. The van der Waals surface area contributed by atoms with Crippen molar-refractivity contribution in [3.05, 3.63) is 106 Å². The summed E-state index contributed by atoms with van der Waals surface area (Å²) in [5, 5.41) is 28.5. The van der Waals surface area contributed by atoms with E-state index < -0.39 is 11.8 Å². The molecule has 0 unspecified atom stereocenters. The molecule has 1 aliphatic rings. The molecule has 0 saturated carbocycles. The highest BCUT2D eigenvalue weighted by atomic mass is 32.2. The lowest BCUT2D eigenvalue weighted by atomic mass is 9.96. The van der Waals surface area contributed by atoms with Crippen molar-refractivity contribution in [3.8, 4) is 17.6 Å². The molecule has 0 aliphatic heterocycles. The predicted octanol–water partition coefficient (Wildman–Crippen LogP) is 6.35. The van der Waals surface area contributed by atoms with Crippen molar-refractivity contribution in [3.63, 3.8) is 0 Å². The Kier molecular flexibility index (Phi) is 10.2. The number of amides is 3. The molecular formula is C34H30N4O5S2. The minimum Gasteiger partial charge on any atom is -0.508 e. The molecule has 3 aromatic carbocycles. The first-order valence-corrected chi connectivity index (χ1v) is 16.0. The minimum absolute atomic E-state index is 0.00803. The van der Waals surface area contributed by atoms with Gasteiger partial charge in [0, 0.05) is 32.7 Å². The van der Waals surface area contributed by atoms with Gasteiger partial charge < -0.3 is 25.8 Å². The summed E-state index contributed by atoms with van der Waals surface area (Å²) in [5.74, 6) is -0.858. The van der Waals surface area contributed by atoms with Crippen molar-refractivity contribution in [1.29, 1.82) is 5.26 Å². The number of benzene rings is 3. The molecule has 0 atom stereocenters. The SMILES string of the molecule is COc1cc(O)ccc1/C=C(/NC(=O)c1ccccc1)C(=O)Nc1cccc(SCC(=O)Nc2sc3c(c2C#N)CCCC3)c1. The number of nitriles is 1. The molecule has 0 fully saturated rings. The molecule has 1 aromatic heterocycles. The maximum Gasteiger partial charge on any atom is 0.272 e. The van der Waals surface area contributed by atoms with Gasteiger partial charge in [-0.3, -0.25) is 14.4 Å². The highest BCUT2D eigenvalue weighted by Gasteiger charge is 2.22. The summed E-state index contributed by atoms with van der Waals surface area (Å²) >= 11 is 2.78. The zero-order valence-electron chi connectivity index (χ0n) is 24.4. The van der Waals surface area contributed by atoms with Gasteiger partial charge in [0.05, 0.1) is 18.4 Å². The molecule has 0 radical (unpaired) electrons. The van der Waals surface area contributed by atoms with Gasteiger partial charge in [0.1, 0.15) is 28.3 Å². The molecule has 45 heavy (non-hydrogen) atoms. The van der Waals surface area contributed by atoms with Crippen LogP contribution in [0.25, 0.3) is 6.08 Å². The van der Waals surface area contributed by atoms with Crippen LogP contribution in [-0.2, 0) is 22.4 Å². The van der Waals surface area contributed by atoms with E-state index in [0.717, 1.165) is 36.1 Å². The summed E-state index contributed by atoms with van der Waals surface area (Å²) in [5.41, 5.74) is 2.89. The average Bonchev–Trinajstić information content (AvgIpc) is 3.41. The van der Waals surface area contributed by atoms with Gasteiger partial charge in [-0.05, 0) is 79.8 Å². The monoisotopic (exact) mass is 638 g/mol. The van der Waals surface area contributed by atoms with E-state index in [2.05, 4.69) is 22.0 Å². The summed E-state index contributed by atoms with van der Waals surface area (Å²) in [6.45, 7) is 0. The number of carbonyl (C=O) groups is 3. The molecule has 228 valence electrons.